The van der Waals surface area contributed by atoms with Gasteiger partial charge in [0, 0.05) is 12.4 Å². The maximum Gasteiger partial charge on any atom is 0.311 e. The summed E-state index contributed by atoms with van der Waals surface area (Å²) < 4.78 is 1.16. The Balaban J connectivity index is 2.48. The number of rotatable bonds is 0. The van der Waals surface area contributed by atoms with Crippen molar-refractivity contribution in [1.29, 1.82) is 0 Å². The number of hydrogen-bond donors (Lipinski definition) is 2. The fourth-order valence-corrected chi connectivity index (χ4v) is 1.51. The summed E-state index contributed by atoms with van der Waals surface area (Å²) >= 11 is 0. The Bertz CT molecular complexity index is 470. The maximum atomic E-state index is 11.8. The number of hydrogen-bond acceptors (Lipinski definition) is 5. The van der Waals surface area contributed by atoms with E-state index in [0.717, 1.165) is 9.69 Å². The van der Waals surface area contributed by atoms with Gasteiger partial charge in [-0.05, 0) is 26.8 Å². The Morgan fingerprint density at radius 1 is 1.35 bits per heavy atom. The van der Waals surface area contributed by atoms with E-state index in [-0.39, 0.29) is 5.84 Å². The van der Waals surface area contributed by atoms with Gasteiger partial charge >= 0.3 is 11.7 Å². The molecular formula is C10H14N4O3. The van der Waals surface area contributed by atoms with Crippen LogP contribution in [0, 0.1) is 0 Å². The predicted molar refractivity (Wildman–Crippen MR) is 58.8 cm³/mol. The summed E-state index contributed by atoms with van der Waals surface area (Å²) in [5.74, 6) is -3.74. The quantitative estimate of drug-likeness (QED) is 0.588. The summed E-state index contributed by atoms with van der Waals surface area (Å²) in [6.07, 6.45) is 2.95. The van der Waals surface area contributed by atoms with Gasteiger partial charge in [0.25, 0.3) is 0 Å². The van der Waals surface area contributed by atoms with Crippen molar-refractivity contribution < 1.29 is 15.0 Å². The first kappa shape index (κ1) is 11.7. The smallest absolute Gasteiger partial charge is 0.311 e. The van der Waals surface area contributed by atoms with Crippen molar-refractivity contribution in [1.82, 2.24) is 14.8 Å². The van der Waals surface area contributed by atoms with Crippen molar-refractivity contribution in [3.63, 3.8) is 0 Å². The molecule has 0 radical (unpaired) electrons. The highest BCUT2D eigenvalue weighted by Gasteiger charge is 2.53. The molecule has 2 N–H and O–H groups in total. The molecular weight excluding hydrogens is 224 g/mol. The van der Waals surface area contributed by atoms with Crippen molar-refractivity contribution in [3.8, 4) is 0 Å². The van der Waals surface area contributed by atoms with E-state index in [9.17, 15) is 15.0 Å². The zero-order valence-electron chi connectivity index (χ0n) is 9.82. The highest BCUT2D eigenvalue weighted by molar-refractivity contribution is 6.13. The molecule has 1 aliphatic rings. The summed E-state index contributed by atoms with van der Waals surface area (Å²) in [4.78, 5) is 11.8. The molecule has 2 heterocycles. The molecule has 7 heteroatoms. The van der Waals surface area contributed by atoms with Gasteiger partial charge in [-0.25, -0.2) is 9.69 Å². The summed E-state index contributed by atoms with van der Waals surface area (Å²) in [6, 6.07) is 1.60. The molecule has 0 fully saturated rings. The van der Waals surface area contributed by atoms with Gasteiger partial charge in [0.1, 0.15) is 0 Å². The molecule has 1 aromatic rings. The fraction of sp³-hybridized carbons (Fsp3) is 0.500. The number of carbonyl (C=O) groups is 1. The number of nitrogens with zero attached hydrogens (tertiary/aromatic N) is 4. The second-order valence-electron chi connectivity index (χ2n) is 4.83. The third kappa shape index (κ3) is 1.73. The van der Waals surface area contributed by atoms with E-state index in [0.29, 0.717) is 0 Å². The van der Waals surface area contributed by atoms with E-state index in [4.69, 9.17) is 0 Å². The number of carbonyl (C=O) groups excluding carboxylic acids is 1. The summed E-state index contributed by atoms with van der Waals surface area (Å²) in [5.41, 5.74) is -0.636. The zero-order valence-corrected chi connectivity index (χ0v) is 9.82. The monoisotopic (exact) mass is 238 g/mol. The Morgan fingerprint density at radius 2 is 2.00 bits per heavy atom. The average Bonchev–Trinajstić information content (AvgIpc) is 2.74. The van der Waals surface area contributed by atoms with Gasteiger partial charge in [-0.3, -0.25) is 4.79 Å². The van der Waals surface area contributed by atoms with E-state index in [1.54, 1.807) is 26.8 Å². The second kappa shape index (κ2) is 3.38. The molecule has 1 aromatic heterocycles. The molecule has 92 valence electrons. The molecule has 0 atom stereocenters. The van der Waals surface area contributed by atoms with E-state index < -0.39 is 17.2 Å². The van der Waals surface area contributed by atoms with Crippen LogP contribution in [0.3, 0.4) is 0 Å². The van der Waals surface area contributed by atoms with Crippen LogP contribution in [0.15, 0.2) is 23.6 Å². The van der Waals surface area contributed by atoms with Crippen LogP contribution in [0.2, 0.25) is 0 Å². The molecule has 2 rings (SSSR count). The predicted octanol–water partition coefficient (Wildman–Crippen LogP) is -0.634. The second-order valence-corrected chi connectivity index (χ2v) is 4.83. The Morgan fingerprint density at radius 3 is 2.41 bits per heavy atom. The summed E-state index contributed by atoms with van der Waals surface area (Å²) in [6.45, 7) is 5.24. The Labute approximate surface area is 98.0 Å². The molecule has 7 nitrogen and oxygen atoms in total. The first-order chi connectivity index (χ1) is 7.74. The van der Waals surface area contributed by atoms with Crippen molar-refractivity contribution >= 4 is 11.7 Å². The van der Waals surface area contributed by atoms with Crippen molar-refractivity contribution in [2.75, 3.05) is 0 Å². The molecule has 1 amide bonds. The van der Waals surface area contributed by atoms with Crippen molar-refractivity contribution in [2.45, 2.75) is 32.1 Å². The number of amides is 1. The molecule has 1 aliphatic heterocycles. The van der Waals surface area contributed by atoms with Gasteiger partial charge in [-0.15, -0.1) is 5.10 Å². The van der Waals surface area contributed by atoms with Gasteiger partial charge in [0.05, 0.1) is 5.54 Å². The first-order valence-corrected chi connectivity index (χ1v) is 5.13. The average molecular weight is 238 g/mol. The van der Waals surface area contributed by atoms with E-state index >= 15 is 0 Å². The number of aliphatic hydroxyl groups is 2. The molecule has 0 aliphatic carbocycles. The van der Waals surface area contributed by atoms with E-state index in [1.165, 1.54) is 12.4 Å². The van der Waals surface area contributed by atoms with Gasteiger partial charge in [-0.1, -0.05) is 0 Å². The number of aromatic nitrogens is 2. The van der Waals surface area contributed by atoms with Crippen LogP contribution in [0.25, 0.3) is 0 Å². The Kier molecular flexibility index (Phi) is 2.33. The van der Waals surface area contributed by atoms with E-state index in [2.05, 4.69) is 10.2 Å². The highest BCUT2D eigenvalue weighted by atomic mass is 16.5. The van der Waals surface area contributed by atoms with Crippen LogP contribution in [0.4, 0.5) is 0 Å². The van der Waals surface area contributed by atoms with Crippen LogP contribution >= 0.6 is 0 Å². The molecule has 17 heavy (non-hydrogen) atoms. The van der Waals surface area contributed by atoms with Crippen molar-refractivity contribution in [3.05, 3.63) is 18.5 Å². The topological polar surface area (TPSA) is 91.0 Å². The molecule has 0 spiro atoms. The molecule has 0 unspecified atom stereocenters. The standard InChI is InChI=1S/C10H14N4O3/c1-9(2,3)14-8(15)10(16,17)7(12-14)13-6-4-5-11-13/h4-6,16-17H,1-3H3. The van der Waals surface area contributed by atoms with Gasteiger partial charge in [-0.2, -0.15) is 5.10 Å². The van der Waals surface area contributed by atoms with E-state index in [1.807, 2.05) is 0 Å². The SMILES string of the molecule is CC(C)(C)N1N=C(n2cccn2)C(O)(O)C1=O. The minimum Gasteiger partial charge on any atom is -0.352 e. The summed E-state index contributed by atoms with van der Waals surface area (Å²) in [5, 5.41) is 28.4. The van der Waals surface area contributed by atoms with Gasteiger partial charge in [0.15, 0.2) is 0 Å². The lowest BCUT2D eigenvalue weighted by molar-refractivity contribution is -0.172. The number of hydrazone groups is 1. The van der Waals surface area contributed by atoms with Crippen LogP contribution in [-0.4, -0.2) is 48.1 Å². The van der Waals surface area contributed by atoms with Gasteiger partial charge < -0.3 is 10.2 Å². The minimum absolute atomic E-state index is 0.220. The van der Waals surface area contributed by atoms with Crippen LogP contribution < -0.4 is 0 Å². The zero-order chi connectivity index (χ0) is 12.8. The molecule has 0 aromatic carbocycles. The molecule has 0 saturated heterocycles. The van der Waals surface area contributed by atoms with Crippen molar-refractivity contribution in [2.24, 2.45) is 5.10 Å². The normalized spacial score (nSPS) is 19.7. The third-order valence-electron chi connectivity index (χ3n) is 2.35. The Hall–Kier alpha value is -1.73. The molecule has 0 bridgehead atoms. The third-order valence-corrected chi connectivity index (χ3v) is 2.35. The summed E-state index contributed by atoms with van der Waals surface area (Å²) in [7, 11) is 0. The lowest BCUT2D eigenvalue weighted by atomic mass is 10.1. The lowest BCUT2D eigenvalue weighted by Crippen LogP contribution is -2.51. The molecule has 0 saturated carbocycles. The van der Waals surface area contributed by atoms with Crippen LogP contribution in [-0.2, 0) is 4.79 Å². The fourth-order valence-electron chi connectivity index (χ4n) is 1.51. The highest BCUT2D eigenvalue weighted by Crippen LogP contribution is 2.26. The van der Waals surface area contributed by atoms with Gasteiger partial charge in [0.2, 0.25) is 5.84 Å². The maximum absolute atomic E-state index is 11.8. The first-order valence-electron chi connectivity index (χ1n) is 5.13. The minimum atomic E-state index is -2.64. The lowest BCUT2D eigenvalue weighted by Gasteiger charge is -2.28. The largest absolute Gasteiger partial charge is 0.352 e. The van der Waals surface area contributed by atoms with Crippen LogP contribution in [0.5, 0.6) is 0 Å². The van der Waals surface area contributed by atoms with Crippen LogP contribution in [0.1, 0.15) is 20.8 Å².